The Morgan fingerprint density at radius 1 is 1.27 bits per heavy atom. The van der Waals surface area contributed by atoms with E-state index in [2.05, 4.69) is 43.0 Å². The second kappa shape index (κ2) is 8.44. The molecule has 7 nitrogen and oxygen atoms in total. The van der Waals surface area contributed by atoms with Crippen LogP contribution in [0.15, 0.2) is 39.9 Å². The van der Waals surface area contributed by atoms with Gasteiger partial charge in [-0.2, -0.15) is 0 Å². The summed E-state index contributed by atoms with van der Waals surface area (Å²) in [5.41, 5.74) is 0.871. The fourth-order valence-corrected chi connectivity index (χ4v) is 4.26. The van der Waals surface area contributed by atoms with Crippen LogP contribution in [0.25, 0.3) is 0 Å². The largest absolute Gasteiger partial charge is 0.378 e. The van der Waals surface area contributed by atoms with Gasteiger partial charge in [-0.25, -0.2) is 4.98 Å². The Balaban J connectivity index is 1.47. The molecule has 2 aromatic rings. The molecule has 1 atom stereocenters. The van der Waals surface area contributed by atoms with Gasteiger partial charge in [0.15, 0.2) is 0 Å². The fraction of sp³-hybridized carbons (Fsp3) is 0.474. The average molecular weight is 464 g/mol. The van der Waals surface area contributed by atoms with Crippen LogP contribution in [0.5, 0.6) is 0 Å². The second-order valence-electron chi connectivity index (χ2n) is 7.89. The SMILES string of the molecule is [B]C([B])([B])n1cc(Br)cc(Nc2ccc(N3CCN(C4COC4)C[C@@H]3C)cn2)c1=O. The Morgan fingerprint density at radius 2 is 2.03 bits per heavy atom. The Hall–Kier alpha value is -1.71. The lowest BCUT2D eigenvalue weighted by Crippen LogP contribution is -2.59. The van der Waals surface area contributed by atoms with Crippen molar-refractivity contribution in [3.05, 3.63) is 45.4 Å². The smallest absolute Gasteiger partial charge is 0.272 e. The van der Waals surface area contributed by atoms with E-state index in [4.69, 9.17) is 28.3 Å². The van der Waals surface area contributed by atoms with E-state index in [1.54, 1.807) is 6.07 Å². The number of piperazine rings is 1. The molecule has 0 amide bonds. The van der Waals surface area contributed by atoms with Gasteiger partial charge in [-0.05, 0) is 41.1 Å². The third-order valence-electron chi connectivity index (χ3n) is 5.54. The van der Waals surface area contributed by atoms with Gasteiger partial charge in [0.1, 0.15) is 11.5 Å². The molecule has 0 unspecified atom stereocenters. The first-order chi connectivity index (χ1) is 14.2. The molecule has 0 saturated carbocycles. The lowest BCUT2D eigenvalue weighted by atomic mass is 9.49. The first kappa shape index (κ1) is 21.5. The van der Waals surface area contributed by atoms with E-state index >= 15 is 0 Å². The number of halogens is 1. The predicted octanol–water partition coefficient (Wildman–Crippen LogP) is 0.732. The molecular formula is C19H21B3BrN5O2. The number of aromatic nitrogens is 2. The van der Waals surface area contributed by atoms with Crippen molar-refractivity contribution in [3.63, 3.8) is 0 Å². The minimum absolute atomic E-state index is 0.264. The van der Waals surface area contributed by atoms with Gasteiger partial charge < -0.3 is 19.5 Å². The van der Waals surface area contributed by atoms with Gasteiger partial charge in [-0.1, -0.05) is 5.24 Å². The van der Waals surface area contributed by atoms with Gasteiger partial charge in [-0.15, -0.1) is 0 Å². The normalized spacial score (nSPS) is 20.7. The molecule has 2 saturated heterocycles. The molecule has 2 aliphatic rings. The summed E-state index contributed by atoms with van der Waals surface area (Å²) in [5, 5.41) is 1.22. The highest BCUT2D eigenvalue weighted by Crippen LogP contribution is 2.24. The number of pyridine rings is 2. The van der Waals surface area contributed by atoms with Crippen molar-refractivity contribution < 1.29 is 4.74 Å². The minimum Gasteiger partial charge on any atom is -0.378 e. The lowest BCUT2D eigenvalue weighted by Gasteiger charge is -2.46. The number of hydrogen-bond donors (Lipinski definition) is 1. The third kappa shape index (κ3) is 4.48. The zero-order chi connectivity index (χ0) is 21.5. The minimum atomic E-state index is -1.81. The monoisotopic (exact) mass is 463 g/mol. The van der Waals surface area contributed by atoms with Crippen LogP contribution in [0, 0.1) is 0 Å². The van der Waals surface area contributed by atoms with Crippen molar-refractivity contribution in [2.24, 2.45) is 0 Å². The molecule has 1 N–H and O–H groups in total. The molecule has 2 fully saturated rings. The van der Waals surface area contributed by atoms with Crippen LogP contribution in [0.3, 0.4) is 0 Å². The summed E-state index contributed by atoms with van der Waals surface area (Å²) in [4.78, 5) is 22.0. The van der Waals surface area contributed by atoms with E-state index in [1.807, 2.05) is 18.3 Å². The van der Waals surface area contributed by atoms with Crippen LogP contribution < -0.4 is 15.8 Å². The zero-order valence-electron chi connectivity index (χ0n) is 16.8. The topological polar surface area (TPSA) is 62.6 Å². The van der Waals surface area contributed by atoms with Crippen molar-refractivity contribution in [1.29, 1.82) is 0 Å². The Morgan fingerprint density at radius 3 is 2.60 bits per heavy atom. The molecule has 11 heteroatoms. The highest BCUT2D eigenvalue weighted by atomic mass is 79.9. The van der Waals surface area contributed by atoms with Gasteiger partial charge in [-0.3, -0.25) is 9.69 Å². The molecule has 0 bridgehead atoms. The molecule has 0 aliphatic carbocycles. The molecule has 4 heterocycles. The van der Waals surface area contributed by atoms with E-state index in [0.717, 1.165) is 43.1 Å². The van der Waals surface area contributed by atoms with Crippen LogP contribution in [0.2, 0.25) is 0 Å². The van der Waals surface area contributed by atoms with Crippen molar-refractivity contribution >= 4 is 56.7 Å². The van der Waals surface area contributed by atoms with Gasteiger partial charge >= 0.3 is 0 Å². The number of anilines is 3. The summed E-state index contributed by atoms with van der Waals surface area (Å²) < 4.78 is 6.98. The Bertz CT molecular complexity index is 962. The van der Waals surface area contributed by atoms with E-state index in [-0.39, 0.29) is 5.69 Å². The van der Waals surface area contributed by atoms with E-state index in [9.17, 15) is 4.79 Å². The highest BCUT2D eigenvalue weighted by Gasteiger charge is 2.32. The van der Waals surface area contributed by atoms with E-state index in [0.29, 0.717) is 22.4 Å². The summed E-state index contributed by atoms with van der Waals surface area (Å²) in [6.45, 7) is 6.85. The van der Waals surface area contributed by atoms with Crippen molar-refractivity contribution in [1.82, 2.24) is 14.5 Å². The number of ether oxygens (including phenoxy) is 1. The van der Waals surface area contributed by atoms with E-state index in [1.165, 1.54) is 6.20 Å². The second-order valence-corrected chi connectivity index (χ2v) is 8.81. The molecule has 6 radical (unpaired) electrons. The highest BCUT2D eigenvalue weighted by molar-refractivity contribution is 9.10. The zero-order valence-corrected chi connectivity index (χ0v) is 18.4. The fourth-order valence-electron chi connectivity index (χ4n) is 3.83. The molecule has 2 aliphatic heterocycles. The predicted molar refractivity (Wildman–Crippen MR) is 124 cm³/mol. The van der Waals surface area contributed by atoms with Gasteiger partial charge in [0.05, 0.1) is 54.7 Å². The van der Waals surface area contributed by atoms with Crippen LogP contribution in [0.1, 0.15) is 6.92 Å². The summed E-state index contributed by atoms with van der Waals surface area (Å²) in [6.07, 6.45) is 3.26. The quantitative estimate of drug-likeness (QED) is 0.660. The van der Waals surface area contributed by atoms with Gasteiger partial charge in [0, 0.05) is 36.3 Å². The number of rotatable bonds is 5. The summed E-state index contributed by atoms with van der Waals surface area (Å²) >= 11 is 3.34. The standard InChI is InChI=1S/C19H21B3BrN5O2/c1-12-8-26(15-10-30-11-15)4-5-27(12)14-2-3-17(24-7-14)25-16-6-13(23)9-28(18(16)29)19(20,21)22/h2-3,6-7,9,12,15H,4-5,8,10-11H2,1H3,(H,24,25)/t12-/m0/s1. The first-order valence-electron chi connectivity index (χ1n) is 9.83. The molecule has 0 spiro atoms. The molecule has 2 aromatic heterocycles. The van der Waals surface area contributed by atoms with Crippen LogP contribution >= 0.6 is 15.9 Å². The molecule has 4 rings (SSSR count). The van der Waals surface area contributed by atoms with Crippen LogP contribution in [-0.2, 0) is 9.97 Å². The van der Waals surface area contributed by atoms with Gasteiger partial charge in [0.25, 0.3) is 5.56 Å². The van der Waals surface area contributed by atoms with Crippen molar-refractivity contribution in [2.45, 2.75) is 24.2 Å². The Labute approximate surface area is 188 Å². The summed E-state index contributed by atoms with van der Waals surface area (Å²) in [5.74, 6) is 0.537. The first-order valence-corrected chi connectivity index (χ1v) is 10.6. The maximum atomic E-state index is 12.6. The van der Waals surface area contributed by atoms with Crippen LogP contribution in [-0.4, -0.2) is 82.9 Å². The number of nitrogens with zero attached hydrogens (tertiary/aromatic N) is 4. The average Bonchev–Trinajstić information content (AvgIpc) is 2.63. The Kier molecular flexibility index (Phi) is 6.05. The lowest BCUT2D eigenvalue weighted by molar-refractivity contribution is -0.0691. The van der Waals surface area contributed by atoms with Crippen molar-refractivity contribution in [3.8, 4) is 0 Å². The molecule has 150 valence electrons. The summed E-state index contributed by atoms with van der Waals surface area (Å²) in [7, 11) is 17.1. The number of nitrogens with one attached hydrogen (secondary N) is 1. The van der Waals surface area contributed by atoms with Crippen LogP contribution in [0.4, 0.5) is 17.2 Å². The molecule has 0 aromatic carbocycles. The van der Waals surface area contributed by atoms with Crippen molar-refractivity contribution in [2.75, 3.05) is 43.1 Å². The number of hydrogen-bond acceptors (Lipinski definition) is 6. The van der Waals surface area contributed by atoms with Gasteiger partial charge in [0.2, 0.25) is 0 Å². The molecular weight excluding hydrogens is 443 g/mol. The maximum Gasteiger partial charge on any atom is 0.272 e. The molecule has 30 heavy (non-hydrogen) atoms. The maximum absolute atomic E-state index is 12.6. The summed E-state index contributed by atoms with van der Waals surface area (Å²) in [6, 6.07) is 6.42. The van der Waals surface area contributed by atoms with E-state index < -0.39 is 10.8 Å². The third-order valence-corrected chi connectivity index (χ3v) is 5.97.